The Balaban J connectivity index is 1.22. The van der Waals surface area contributed by atoms with E-state index in [-0.39, 0.29) is 35.9 Å². The number of aliphatic hydroxyl groups excluding tert-OH is 1. The van der Waals surface area contributed by atoms with Crippen molar-refractivity contribution in [2.24, 2.45) is 5.92 Å². The van der Waals surface area contributed by atoms with E-state index < -0.39 is 79.0 Å². The number of aliphatic hydroxyl groups is 1. The highest BCUT2D eigenvalue weighted by Crippen LogP contribution is 2.51. The van der Waals surface area contributed by atoms with Gasteiger partial charge in [0.05, 0.1) is 24.4 Å². The minimum Gasteiger partial charge on any atom is -0.388 e. The molecule has 7 rings (SSSR count). The molecule has 8 N–H and O–H groups in total. The number of nitrogens with two attached hydrogens (primary N) is 2. The third-order valence-corrected chi connectivity index (χ3v) is 10.3. The van der Waals surface area contributed by atoms with Crippen LogP contribution in [0.5, 0.6) is 0 Å². The van der Waals surface area contributed by atoms with Gasteiger partial charge in [0.25, 0.3) is 5.56 Å². The fourth-order valence-corrected chi connectivity index (χ4v) is 8.27. The first-order valence-corrected chi connectivity index (χ1v) is 16.8. The molecule has 3 aliphatic rings. The maximum Gasteiger partial charge on any atom is 0.472 e. The number of anilines is 2. The van der Waals surface area contributed by atoms with Gasteiger partial charge >= 0.3 is 18.1 Å². The number of aromatic nitrogens is 7. The molecule has 0 spiro atoms. The van der Waals surface area contributed by atoms with Crippen LogP contribution >= 0.6 is 7.82 Å². The number of nitrogens with one attached hydrogen (secondary N) is 2. The Morgan fingerprint density at radius 3 is 2.76 bits per heavy atom. The number of phosphoric acid groups is 1. The van der Waals surface area contributed by atoms with Crippen molar-refractivity contribution in [3.8, 4) is 0 Å². The second-order valence-electron chi connectivity index (χ2n) is 11.0. The lowest BCUT2D eigenvalue weighted by atomic mass is 10.1. The second-order valence-corrected chi connectivity index (χ2v) is 13.8. The van der Waals surface area contributed by atoms with Gasteiger partial charge in [-0.05, 0) is 12.5 Å². The highest BCUT2D eigenvalue weighted by Gasteiger charge is 2.53. The van der Waals surface area contributed by atoms with Gasteiger partial charge in [0.15, 0.2) is 23.5 Å². The van der Waals surface area contributed by atoms with Gasteiger partial charge < -0.3 is 35.5 Å². The Kier molecular flexibility index (Phi) is 7.62. The Labute approximate surface area is 258 Å². The smallest absolute Gasteiger partial charge is 0.388 e. The van der Waals surface area contributed by atoms with Gasteiger partial charge in [-0.1, -0.05) is 0 Å². The van der Waals surface area contributed by atoms with Crippen LogP contribution in [0.15, 0.2) is 29.7 Å². The summed E-state index contributed by atoms with van der Waals surface area (Å²) in [6, 6.07) is 0.893. The largest absolute Gasteiger partial charge is 0.472 e. The number of phosphoric ester groups is 1. The van der Waals surface area contributed by atoms with Crippen LogP contribution in [0.2, 0.25) is 0 Å². The van der Waals surface area contributed by atoms with Crippen molar-refractivity contribution in [3.63, 3.8) is 0 Å². The number of aromatic amines is 1. The summed E-state index contributed by atoms with van der Waals surface area (Å²) in [5, 5.41) is 11.9. The summed E-state index contributed by atoms with van der Waals surface area (Å²) in [7, 11) is -8.26. The van der Waals surface area contributed by atoms with Gasteiger partial charge in [-0.2, -0.15) is 18.1 Å². The molecule has 6 heterocycles. The van der Waals surface area contributed by atoms with Gasteiger partial charge in [0, 0.05) is 25.8 Å². The predicted molar refractivity (Wildman–Crippen MR) is 155 cm³/mol. The summed E-state index contributed by atoms with van der Waals surface area (Å²) in [4.78, 5) is 41.8. The predicted octanol–water partition coefficient (Wildman–Crippen LogP) is -1.70. The average Bonchev–Trinajstić information content (AvgIpc) is 3.75. The molecule has 2 saturated heterocycles. The monoisotopic (exact) mass is 684 g/mol. The zero-order valence-corrected chi connectivity index (χ0v) is 25.5. The summed E-state index contributed by atoms with van der Waals surface area (Å²) < 4.78 is 73.2. The van der Waals surface area contributed by atoms with Crippen molar-refractivity contribution in [3.05, 3.63) is 35.3 Å². The van der Waals surface area contributed by atoms with Crippen LogP contribution in [-0.4, -0.2) is 103 Å². The van der Waals surface area contributed by atoms with Crippen LogP contribution in [0, 0.1) is 5.92 Å². The van der Waals surface area contributed by atoms with E-state index in [0.717, 1.165) is 0 Å². The highest BCUT2D eigenvalue weighted by molar-refractivity contribution is 7.84. The van der Waals surface area contributed by atoms with Crippen molar-refractivity contribution in [1.29, 1.82) is 0 Å². The van der Waals surface area contributed by atoms with E-state index >= 15 is 0 Å². The topological polar surface area (TPSA) is 296 Å². The Morgan fingerprint density at radius 2 is 1.98 bits per heavy atom. The third-order valence-electron chi connectivity index (χ3n) is 8.34. The zero-order chi connectivity index (χ0) is 32.5. The molecule has 1 saturated carbocycles. The van der Waals surface area contributed by atoms with E-state index in [1.807, 2.05) is 0 Å². The van der Waals surface area contributed by atoms with E-state index in [1.165, 1.54) is 24.3 Å². The van der Waals surface area contributed by atoms with Gasteiger partial charge in [-0.15, -0.1) is 0 Å². The van der Waals surface area contributed by atoms with Crippen LogP contribution in [0.25, 0.3) is 22.2 Å². The third kappa shape index (κ3) is 5.35. The van der Waals surface area contributed by atoms with Crippen LogP contribution in [0.1, 0.15) is 18.7 Å². The molecule has 248 valence electrons. The molecular weight excluding hydrogens is 655 g/mol. The van der Waals surface area contributed by atoms with Gasteiger partial charge in [-0.25, -0.2) is 23.7 Å². The molecule has 0 aromatic carbocycles. The second kappa shape index (κ2) is 11.3. The number of nitrogens with zero attached hydrogens (tertiary/aromatic N) is 6. The number of nitrogen functional groups attached to an aromatic ring is 2. The van der Waals surface area contributed by atoms with Crippen molar-refractivity contribution < 1.29 is 45.7 Å². The number of fused-ring (bicyclic) bond motifs is 5. The van der Waals surface area contributed by atoms with Crippen molar-refractivity contribution in [2.45, 2.75) is 49.2 Å². The van der Waals surface area contributed by atoms with Gasteiger partial charge in [-0.3, -0.25) is 23.4 Å². The Hall–Kier alpha value is -3.57. The number of H-pyrrole nitrogens is 1. The molecule has 46 heavy (non-hydrogen) atoms. The number of hydrogen-bond acceptors (Lipinski definition) is 16. The number of hydrogen-bond donors (Lipinski definition) is 6. The molecule has 0 amide bonds. The maximum atomic E-state index is 13.4. The molecule has 3 fully saturated rings. The maximum absolute atomic E-state index is 13.4. The number of ether oxygens (including phenoxy) is 2. The van der Waals surface area contributed by atoms with E-state index in [0.29, 0.717) is 11.0 Å². The van der Waals surface area contributed by atoms with Crippen molar-refractivity contribution in [1.82, 2.24) is 38.8 Å². The lowest BCUT2D eigenvalue weighted by Gasteiger charge is -2.26. The van der Waals surface area contributed by atoms with Crippen molar-refractivity contribution in [2.75, 3.05) is 31.7 Å². The standard InChI is InChI=1S/C23H29N10O11PS/c1-40-16-12-6-41-45(36,37)43-15-9(4-11(14(15)34)32-3-2-10-18(24)26-7-27-19(10)32)5-29-46(38,39)44-17(16)22(42-12)33-8-28-13-20(33)30-23(25)31-21(13)35/h2-3,7-9,11-12,14-17,22,29,34H,4-6H2,1H3,(H,36,37)(H2,24,26,27)(H3,25,30,31,35). The molecular formula is C23H29N10O11PS. The molecule has 0 radical (unpaired) electrons. The molecule has 9 atom stereocenters. The number of imidazole rings is 1. The summed E-state index contributed by atoms with van der Waals surface area (Å²) in [5.74, 6) is -0.866. The van der Waals surface area contributed by atoms with Crippen LogP contribution in [0.3, 0.4) is 0 Å². The normalized spacial score (nSPS) is 35.0. The van der Waals surface area contributed by atoms with Crippen LogP contribution < -0.4 is 21.7 Å². The molecule has 2 aliphatic heterocycles. The number of rotatable bonds is 3. The fraction of sp³-hybridized carbons (Fsp3) is 0.522. The number of methoxy groups -OCH3 is 1. The Morgan fingerprint density at radius 1 is 1.17 bits per heavy atom. The molecule has 23 heteroatoms. The van der Waals surface area contributed by atoms with Crippen LogP contribution in [-0.2, 0) is 37.6 Å². The first kappa shape index (κ1) is 31.1. The SMILES string of the molecule is COC1C2COP(=O)(O)OC3C(CNS(=O)(=O)OC1C(n1cnc4c(=O)[nH]c(N)nc41)O2)CC(n1ccc2c(N)ncnc21)C3O. The van der Waals surface area contributed by atoms with E-state index in [9.17, 15) is 27.8 Å². The molecule has 2 bridgehead atoms. The molecule has 4 aromatic heterocycles. The summed E-state index contributed by atoms with van der Waals surface area (Å²) in [5.41, 5.74) is 11.3. The summed E-state index contributed by atoms with van der Waals surface area (Å²) in [6.07, 6.45) is -3.79. The van der Waals surface area contributed by atoms with E-state index in [2.05, 4.69) is 29.6 Å². The van der Waals surface area contributed by atoms with Gasteiger partial charge in [0.1, 0.15) is 42.2 Å². The fourth-order valence-electron chi connectivity index (χ4n) is 6.29. The van der Waals surface area contributed by atoms with E-state index in [4.69, 9.17) is 34.2 Å². The molecule has 1 aliphatic carbocycles. The quantitative estimate of drug-likeness (QED) is 0.131. The first-order valence-electron chi connectivity index (χ1n) is 13.8. The zero-order valence-electron chi connectivity index (χ0n) is 23.8. The minimum absolute atomic E-state index is 0.0442. The lowest BCUT2D eigenvalue weighted by Crippen LogP contribution is -2.42. The lowest BCUT2D eigenvalue weighted by molar-refractivity contribution is -0.0589. The average molecular weight is 685 g/mol. The summed E-state index contributed by atoms with van der Waals surface area (Å²) >= 11 is 0. The summed E-state index contributed by atoms with van der Waals surface area (Å²) in [6.45, 7) is -1.01. The Bertz CT molecular complexity index is 2020. The molecule has 9 unspecified atom stereocenters. The van der Waals surface area contributed by atoms with Gasteiger partial charge in [0.2, 0.25) is 5.95 Å². The molecule has 4 aromatic rings. The first-order chi connectivity index (χ1) is 21.9. The van der Waals surface area contributed by atoms with E-state index in [1.54, 1.807) is 16.8 Å². The minimum atomic E-state index is -4.91. The van der Waals surface area contributed by atoms with Crippen molar-refractivity contribution >= 4 is 52.1 Å². The molecule has 21 nitrogen and oxygen atoms in total. The highest BCUT2D eigenvalue weighted by atomic mass is 32.2. The van der Waals surface area contributed by atoms with Crippen LogP contribution in [0.4, 0.5) is 11.8 Å².